The zero-order valence-electron chi connectivity index (χ0n) is 7.57. The lowest BCUT2D eigenvalue weighted by atomic mass is 10.1. The van der Waals surface area contributed by atoms with E-state index in [-0.39, 0.29) is 16.8 Å². The minimum atomic E-state index is -1.15. The second-order valence-corrected chi connectivity index (χ2v) is 3.06. The number of nitrogen functional groups attached to an aromatic ring is 1. The average molecular weight is 206 g/mol. The van der Waals surface area contributed by atoms with Crippen LogP contribution >= 0.6 is 0 Å². The molecule has 0 unspecified atom stereocenters. The van der Waals surface area contributed by atoms with E-state index in [1.165, 1.54) is 24.4 Å². The van der Waals surface area contributed by atoms with Gasteiger partial charge in [0.1, 0.15) is 5.82 Å². The number of aromatic carboxylic acids is 1. The molecule has 0 fully saturated rings. The Morgan fingerprint density at radius 3 is 2.87 bits per heavy atom. The third-order valence-electron chi connectivity index (χ3n) is 2.07. The summed E-state index contributed by atoms with van der Waals surface area (Å²) in [5.41, 5.74) is 5.80. The lowest BCUT2D eigenvalue weighted by Crippen LogP contribution is -2.04. The molecule has 0 bridgehead atoms. The Bertz CT molecular complexity index is 554. The fourth-order valence-electron chi connectivity index (χ4n) is 1.42. The fraction of sp³-hybridized carbons (Fsp3) is 0. The van der Waals surface area contributed by atoms with E-state index >= 15 is 0 Å². The van der Waals surface area contributed by atoms with Crippen molar-refractivity contribution < 1.29 is 14.3 Å². The number of aromatic nitrogens is 1. The molecule has 0 aliphatic carbocycles. The summed E-state index contributed by atoms with van der Waals surface area (Å²) in [6, 6.07) is 3.70. The molecule has 0 spiro atoms. The number of carboxylic acid groups (broad SMARTS) is 1. The number of rotatable bonds is 1. The molecule has 0 amide bonds. The molecule has 4 nitrogen and oxygen atoms in total. The van der Waals surface area contributed by atoms with E-state index in [4.69, 9.17) is 10.8 Å². The summed E-state index contributed by atoms with van der Waals surface area (Å²) >= 11 is 0. The molecule has 0 saturated carbocycles. The number of halogens is 1. The first-order valence-electron chi connectivity index (χ1n) is 4.16. The third-order valence-corrected chi connectivity index (χ3v) is 2.07. The average Bonchev–Trinajstić information content (AvgIpc) is 2.17. The summed E-state index contributed by atoms with van der Waals surface area (Å²) in [6.07, 6.45) is 1.21. The molecule has 2 aromatic rings. The number of nitrogens with two attached hydrogens (primary N) is 1. The van der Waals surface area contributed by atoms with Gasteiger partial charge in [-0.15, -0.1) is 0 Å². The minimum Gasteiger partial charge on any atom is -0.478 e. The predicted octanol–water partition coefficient (Wildman–Crippen LogP) is 1.65. The van der Waals surface area contributed by atoms with Gasteiger partial charge in [0.2, 0.25) is 0 Å². The van der Waals surface area contributed by atoms with Crippen LogP contribution in [0.25, 0.3) is 10.9 Å². The Morgan fingerprint density at radius 2 is 2.20 bits per heavy atom. The maximum absolute atomic E-state index is 12.9. The SMILES string of the molecule is Nc1cnc2cc(F)ccc2c1C(=O)O. The molecule has 0 atom stereocenters. The monoisotopic (exact) mass is 206 g/mol. The quantitative estimate of drug-likeness (QED) is 0.743. The van der Waals surface area contributed by atoms with Gasteiger partial charge in [-0.2, -0.15) is 0 Å². The molecule has 0 aliphatic heterocycles. The van der Waals surface area contributed by atoms with Crippen molar-refractivity contribution >= 4 is 22.6 Å². The van der Waals surface area contributed by atoms with Gasteiger partial charge in [-0.25, -0.2) is 9.18 Å². The van der Waals surface area contributed by atoms with Gasteiger partial charge in [0.15, 0.2) is 0 Å². The van der Waals surface area contributed by atoms with Crippen LogP contribution in [-0.4, -0.2) is 16.1 Å². The number of pyridine rings is 1. The molecular formula is C10H7FN2O2. The highest BCUT2D eigenvalue weighted by Crippen LogP contribution is 2.22. The van der Waals surface area contributed by atoms with Gasteiger partial charge >= 0.3 is 5.97 Å². The molecular weight excluding hydrogens is 199 g/mol. The van der Waals surface area contributed by atoms with Crippen molar-refractivity contribution in [2.45, 2.75) is 0 Å². The van der Waals surface area contributed by atoms with E-state index in [2.05, 4.69) is 4.98 Å². The summed E-state index contributed by atoms with van der Waals surface area (Å²) in [5.74, 6) is -1.61. The van der Waals surface area contributed by atoms with Crippen LogP contribution in [0.5, 0.6) is 0 Å². The Kier molecular flexibility index (Phi) is 2.00. The maximum Gasteiger partial charge on any atom is 0.338 e. The standard InChI is InChI=1S/C10H7FN2O2/c11-5-1-2-6-8(3-5)13-4-7(12)9(6)10(14)15/h1-4H,12H2,(H,14,15). The first kappa shape index (κ1) is 9.39. The molecule has 1 aromatic carbocycles. The number of benzene rings is 1. The fourth-order valence-corrected chi connectivity index (χ4v) is 1.42. The van der Waals surface area contributed by atoms with Crippen molar-refractivity contribution in [3.63, 3.8) is 0 Å². The second kappa shape index (κ2) is 3.20. The van der Waals surface area contributed by atoms with Crippen molar-refractivity contribution in [1.29, 1.82) is 0 Å². The van der Waals surface area contributed by atoms with Crippen LogP contribution in [0.4, 0.5) is 10.1 Å². The summed E-state index contributed by atoms with van der Waals surface area (Å²) < 4.78 is 12.9. The molecule has 0 radical (unpaired) electrons. The van der Waals surface area contributed by atoms with Crippen molar-refractivity contribution in [3.8, 4) is 0 Å². The Balaban J connectivity index is 2.88. The van der Waals surface area contributed by atoms with Gasteiger partial charge < -0.3 is 10.8 Å². The normalized spacial score (nSPS) is 10.5. The highest BCUT2D eigenvalue weighted by atomic mass is 19.1. The van der Waals surface area contributed by atoms with Crippen LogP contribution in [0, 0.1) is 5.82 Å². The van der Waals surface area contributed by atoms with Gasteiger partial charge in [-0.3, -0.25) is 4.98 Å². The predicted molar refractivity (Wildman–Crippen MR) is 53.1 cm³/mol. The highest BCUT2D eigenvalue weighted by molar-refractivity contribution is 6.06. The summed E-state index contributed by atoms with van der Waals surface area (Å²) in [5, 5.41) is 9.27. The van der Waals surface area contributed by atoms with Crippen LogP contribution in [-0.2, 0) is 0 Å². The second-order valence-electron chi connectivity index (χ2n) is 3.06. The number of hydrogen-bond acceptors (Lipinski definition) is 3. The van der Waals surface area contributed by atoms with Crippen LogP contribution in [0.15, 0.2) is 24.4 Å². The summed E-state index contributed by atoms with van der Waals surface area (Å²) in [7, 11) is 0. The van der Waals surface area contributed by atoms with E-state index in [0.717, 1.165) is 0 Å². The molecule has 1 aromatic heterocycles. The molecule has 0 saturated heterocycles. The van der Waals surface area contributed by atoms with Crippen LogP contribution < -0.4 is 5.73 Å². The number of anilines is 1. The lowest BCUT2D eigenvalue weighted by Gasteiger charge is -2.04. The topological polar surface area (TPSA) is 76.2 Å². The van der Waals surface area contributed by atoms with Gasteiger partial charge in [0.25, 0.3) is 0 Å². The van der Waals surface area contributed by atoms with Gasteiger partial charge in [-0.05, 0) is 12.1 Å². The lowest BCUT2D eigenvalue weighted by molar-refractivity contribution is 0.0700. The van der Waals surface area contributed by atoms with Gasteiger partial charge in [0.05, 0.1) is 23.0 Å². The number of nitrogens with zero attached hydrogens (tertiary/aromatic N) is 1. The summed E-state index contributed by atoms with van der Waals surface area (Å²) in [6.45, 7) is 0. The molecule has 76 valence electrons. The molecule has 0 aliphatic rings. The Labute approximate surface area is 84.2 Å². The maximum atomic E-state index is 12.9. The number of hydrogen-bond donors (Lipinski definition) is 2. The zero-order chi connectivity index (χ0) is 11.0. The minimum absolute atomic E-state index is 0.0417. The van der Waals surface area contributed by atoms with E-state index < -0.39 is 11.8 Å². The van der Waals surface area contributed by atoms with E-state index in [0.29, 0.717) is 5.39 Å². The third kappa shape index (κ3) is 1.48. The Hall–Kier alpha value is -2.17. The van der Waals surface area contributed by atoms with E-state index in [1.54, 1.807) is 0 Å². The molecule has 5 heteroatoms. The Morgan fingerprint density at radius 1 is 1.47 bits per heavy atom. The first-order valence-corrected chi connectivity index (χ1v) is 4.16. The highest BCUT2D eigenvalue weighted by Gasteiger charge is 2.13. The number of fused-ring (bicyclic) bond motifs is 1. The van der Waals surface area contributed by atoms with Crippen molar-refractivity contribution in [2.75, 3.05) is 5.73 Å². The van der Waals surface area contributed by atoms with E-state index in [9.17, 15) is 9.18 Å². The molecule has 15 heavy (non-hydrogen) atoms. The molecule has 2 rings (SSSR count). The smallest absolute Gasteiger partial charge is 0.338 e. The largest absolute Gasteiger partial charge is 0.478 e. The van der Waals surface area contributed by atoms with Crippen molar-refractivity contribution in [3.05, 3.63) is 35.8 Å². The number of carbonyl (C=O) groups is 1. The number of carboxylic acids is 1. The van der Waals surface area contributed by atoms with Gasteiger partial charge in [-0.1, -0.05) is 0 Å². The van der Waals surface area contributed by atoms with Crippen LogP contribution in [0.2, 0.25) is 0 Å². The van der Waals surface area contributed by atoms with E-state index in [1.807, 2.05) is 0 Å². The van der Waals surface area contributed by atoms with Gasteiger partial charge in [0, 0.05) is 11.5 Å². The van der Waals surface area contributed by atoms with Crippen molar-refractivity contribution in [1.82, 2.24) is 4.98 Å². The molecule has 1 heterocycles. The van der Waals surface area contributed by atoms with Crippen LogP contribution in [0.3, 0.4) is 0 Å². The zero-order valence-corrected chi connectivity index (χ0v) is 7.57. The van der Waals surface area contributed by atoms with Crippen LogP contribution in [0.1, 0.15) is 10.4 Å². The molecule has 3 N–H and O–H groups in total. The van der Waals surface area contributed by atoms with Crippen molar-refractivity contribution in [2.24, 2.45) is 0 Å². The summed E-state index contributed by atoms with van der Waals surface area (Å²) in [4.78, 5) is 14.8. The first-order chi connectivity index (χ1) is 7.09.